The van der Waals surface area contributed by atoms with Gasteiger partial charge in [-0.25, -0.2) is 8.78 Å². The Morgan fingerprint density at radius 2 is 1.94 bits per heavy atom. The summed E-state index contributed by atoms with van der Waals surface area (Å²) >= 11 is 0. The molecule has 0 aliphatic carbocycles. The zero-order valence-corrected chi connectivity index (χ0v) is 9.24. The lowest BCUT2D eigenvalue weighted by Crippen LogP contribution is -2.41. The minimum atomic E-state index is -2.88. The number of aliphatic carboxylic acids is 1. The molecule has 0 aromatic rings. The van der Waals surface area contributed by atoms with Crippen molar-refractivity contribution in [2.45, 2.75) is 26.2 Å². The first-order valence-electron chi connectivity index (χ1n) is 5.14. The van der Waals surface area contributed by atoms with Gasteiger partial charge < -0.3 is 10.0 Å². The summed E-state index contributed by atoms with van der Waals surface area (Å²) in [6.45, 7) is 2.44. The van der Waals surface area contributed by atoms with Gasteiger partial charge in [0.2, 0.25) is 5.91 Å². The fourth-order valence-electron chi connectivity index (χ4n) is 1.80. The van der Waals surface area contributed by atoms with E-state index in [1.165, 1.54) is 0 Å². The number of carbonyl (C=O) groups excluding carboxylic acids is 1. The molecule has 1 heterocycles. The third kappa shape index (κ3) is 2.68. The molecular formula is C10H15F2NO3. The van der Waals surface area contributed by atoms with Crippen LogP contribution in [0, 0.1) is 11.8 Å². The van der Waals surface area contributed by atoms with Crippen molar-refractivity contribution in [1.82, 2.24) is 4.90 Å². The van der Waals surface area contributed by atoms with Crippen LogP contribution in [0.2, 0.25) is 0 Å². The highest BCUT2D eigenvalue weighted by atomic mass is 19.3. The normalized spacial score (nSPS) is 21.2. The van der Waals surface area contributed by atoms with Crippen molar-refractivity contribution in [1.29, 1.82) is 0 Å². The molecule has 16 heavy (non-hydrogen) atoms. The van der Waals surface area contributed by atoms with Crippen LogP contribution in [0.15, 0.2) is 0 Å². The molecule has 1 aliphatic rings. The molecule has 6 heteroatoms. The van der Waals surface area contributed by atoms with Gasteiger partial charge in [-0.1, -0.05) is 13.8 Å². The van der Waals surface area contributed by atoms with E-state index in [2.05, 4.69) is 0 Å². The number of likely N-dealkylation sites (tertiary alicyclic amines) is 1. The van der Waals surface area contributed by atoms with Crippen molar-refractivity contribution in [3.63, 3.8) is 0 Å². The van der Waals surface area contributed by atoms with E-state index < -0.39 is 36.2 Å². The molecule has 1 amide bonds. The first-order valence-corrected chi connectivity index (χ1v) is 5.14. The summed E-state index contributed by atoms with van der Waals surface area (Å²) in [5, 5.41) is 8.87. The molecule has 1 aliphatic heterocycles. The van der Waals surface area contributed by atoms with E-state index in [1.54, 1.807) is 13.8 Å². The number of carboxylic acid groups (broad SMARTS) is 1. The molecule has 0 saturated carbocycles. The van der Waals surface area contributed by atoms with Crippen LogP contribution in [-0.4, -0.2) is 40.9 Å². The van der Waals surface area contributed by atoms with E-state index in [0.717, 1.165) is 4.90 Å². The largest absolute Gasteiger partial charge is 0.481 e. The summed E-state index contributed by atoms with van der Waals surface area (Å²) in [7, 11) is 0. The maximum atomic E-state index is 12.9. The van der Waals surface area contributed by atoms with Crippen LogP contribution >= 0.6 is 0 Å². The predicted octanol–water partition coefficient (Wildman–Crippen LogP) is 1.21. The Hall–Kier alpha value is -1.20. The lowest BCUT2D eigenvalue weighted by atomic mass is 9.94. The molecule has 0 spiro atoms. The zero-order valence-electron chi connectivity index (χ0n) is 9.24. The van der Waals surface area contributed by atoms with E-state index in [-0.39, 0.29) is 13.0 Å². The number of alkyl halides is 2. The van der Waals surface area contributed by atoms with Gasteiger partial charge in [0.25, 0.3) is 5.92 Å². The highest BCUT2D eigenvalue weighted by Gasteiger charge is 2.43. The third-order valence-corrected chi connectivity index (χ3v) is 2.68. The fourth-order valence-corrected chi connectivity index (χ4v) is 1.80. The topological polar surface area (TPSA) is 57.6 Å². The van der Waals surface area contributed by atoms with Crippen molar-refractivity contribution >= 4 is 11.9 Å². The highest BCUT2D eigenvalue weighted by molar-refractivity contribution is 5.97. The summed E-state index contributed by atoms with van der Waals surface area (Å²) in [5.74, 6) is -6.47. The Morgan fingerprint density at radius 1 is 1.38 bits per heavy atom. The van der Waals surface area contributed by atoms with Gasteiger partial charge in [0.1, 0.15) is 5.92 Å². The number of hydrogen-bond donors (Lipinski definition) is 1. The molecule has 1 N–H and O–H groups in total. The van der Waals surface area contributed by atoms with Crippen molar-refractivity contribution in [2.24, 2.45) is 11.8 Å². The Morgan fingerprint density at radius 3 is 2.25 bits per heavy atom. The number of nitrogens with zero attached hydrogens (tertiary/aromatic N) is 1. The Kier molecular flexibility index (Phi) is 3.50. The summed E-state index contributed by atoms with van der Waals surface area (Å²) in [6, 6.07) is 0. The van der Waals surface area contributed by atoms with E-state index in [4.69, 9.17) is 5.11 Å². The molecule has 0 radical (unpaired) electrons. The van der Waals surface area contributed by atoms with Gasteiger partial charge in [-0.05, 0) is 5.92 Å². The number of amides is 1. The van der Waals surface area contributed by atoms with E-state index in [0.29, 0.717) is 0 Å². The standard InChI is InChI=1S/C10H15F2NO3/c1-6(2)7(9(15)16)8(14)13-4-3-10(11,12)5-13/h6-7H,3-5H2,1-2H3,(H,15,16). The van der Waals surface area contributed by atoms with Crippen LogP contribution < -0.4 is 0 Å². The van der Waals surface area contributed by atoms with Crippen LogP contribution in [0.4, 0.5) is 8.78 Å². The molecule has 92 valence electrons. The number of carbonyl (C=O) groups is 2. The van der Waals surface area contributed by atoms with E-state index in [1.807, 2.05) is 0 Å². The quantitative estimate of drug-likeness (QED) is 0.748. The second-order valence-electron chi connectivity index (χ2n) is 4.43. The number of carboxylic acids is 1. The molecule has 0 bridgehead atoms. The van der Waals surface area contributed by atoms with Crippen LogP contribution in [0.1, 0.15) is 20.3 Å². The SMILES string of the molecule is CC(C)C(C(=O)O)C(=O)N1CCC(F)(F)C1. The average molecular weight is 235 g/mol. The Labute approximate surface area is 92.2 Å². The molecule has 0 aromatic heterocycles. The molecule has 4 nitrogen and oxygen atoms in total. The van der Waals surface area contributed by atoms with Crippen molar-refractivity contribution in [3.05, 3.63) is 0 Å². The smallest absolute Gasteiger partial charge is 0.316 e. The van der Waals surface area contributed by atoms with Crippen molar-refractivity contribution < 1.29 is 23.5 Å². The maximum absolute atomic E-state index is 12.9. The van der Waals surface area contributed by atoms with Crippen LogP contribution in [-0.2, 0) is 9.59 Å². The van der Waals surface area contributed by atoms with Gasteiger partial charge in [0.05, 0.1) is 6.54 Å². The van der Waals surface area contributed by atoms with Crippen LogP contribution in [0.3, 0.4) is 0 Å². The molecule has 1 rings (SSSR count). The number of rotatable bonds is 3. The predicted molar refractivity (Wildman–Crippen MR) is 52.1 cm³/mol. The van der Waals surface area contributed by atoms with Gasteiger partial charge in [0, 0.05) is 13.0 Å². The minimum Gasteiger partial charge on any atom is -0.481 e. The summed E-state index contributed by atoms with van der Waals surface area (Å²) in [5.41, 5.74) is 0. The fraction of sp³-hybridized carbons (Fsp3) is 0.800. The monoisotopic (exact) mass is 235 g/mol. The lowest BCUT2D eigenvalue weighted by Gasteiger charge is -2.22. The molecule has 1 fully saturated rings. The minimum absolute atomic E-state index is 0.0671. The van der Waals surface area contributed by atoms with Crippen molar-refractivity contribution in [3.8, 4) is 0 Å². The molecule has 0 aromatic carbocycles. The second-order valence-corrected chi connectivity index (χ2v) is 4.43. The van der Waals surface area contributed by atoms with Gasteiger partial charge in [-0.3, -0.25) is 9.59 Å². The molecule has 1 saturated heterocycles. The van der Waals surface area contributed by atoms with Gasteiger partial charge in [-0.2, -0.15) is 0 Å². The van der Waals surface area contributed by atoms with Crippen LogP contribution in [0.5, 0.6) is 0 Å². The molecule has 1 unspecified atom stereocenters. The first-order chi connectivity index (χ1) is 7.24. The van der Waals surface area contributed by atoms with Crippen LogP contribution in [0.25, 0.3) is 0 Å². The lowest BCUT2D eigenvalue weighted by molar-refractivity contribution is -0.153. The van der Waals surface area contributed by atoms with Gasteiger partial charge >= 0.3 is 5.97 Å². The number of halogens is 2. The Bertz CT molecular complexity index is 304. The summed E-state index contributed by atoms with van der Waals surface area (Å²) in [4.78, 5) is 23.5. The first kappa shape index (κ1) is 12.9. The zero-order chi connectivity index (χ0) is 12.5. The average Bonchev–Trinajstić information content (AvgIpc) is 2.44. The maximum Gasteiger partial charge on any atom is 0.316 e. The Balaban J connectivity index is 2.74. The number of hydrogen-bond acceptors (Lipinski definition) is 2. The van der Waals surface area contributed by atoms with Gasteiger partial charge in [-0.15, -0.1) is 0 Å². The van der Waals surface area contributed by atoms with Crippen molar-refractivity contribution in [2.75, 3.05) is 13.1 Å². The summed E-state index contributed by atoms with van der Waals surface area (Å²) < 4.78 is 25.8. The molecular weight excluding hydrogens is 220 g/mol. The van der Waals surface area contributed by atoms with Gasteiger partial charge in [0.15, 0.2) is 0 Å². The summed E-state index contributed by atoms with van der Waals surface area (Å²) in [6.07, 6.45) is -0.386. The van der Waals surface area contributed by atoms with E-state index >= 15 is 0 Å². The second kappa shape index (κ2) is 4.35. The third-order valence-electron chi connectivity index (χ3n) is 2.68. The highest BCUT2D eigenvalue weighted by Crippen LogP contribution is 2.28. The molecule has 1 atom stereocenters. The van der Waals surface area contributed by atoms with E-state index in [9.17, 15) is 18.4 Å².